The highest BCUT2D eigenvalue weighted by molar-refractivity contribution is 5.97. The van der Waals surface area contributed by atoms with Crippen molar-refractivity contribution in [1.82, 2.24) is 15.2 Å². The fourth-order valence-corrected chi connectivity index (χ4v) is 3.59. The van der Waals surface area contributed by atoms with E-state index >= 15 is 0 Å². The Bertz CT molecular complexity index is 875. The van der Waals surface area contributed by atoms with Gasteiger partial charge in [-0.05, 0) is 49.9 Å². The lowest BCUT2D eigenvalue weighted by atomic mass is 10.0. The van der Waals surface area contributed by atoms with Gasteiger partial charge < -0.3 is 16.2 Å². The minimum atomic E-state index is -0.207. The third kappa shape index (κ3) is 2.69. The summed E-state index contributed by atoms with van der Waals surface area (Å²) < 4.78 is 0. The fraction of sp³-hybridized carbons (Fsp3) is 0.333. The molecule has 0 bridgehead atoms. The molecule has 1 aliphatic carbocycles. The van der Waals surface area contributed by atoms with E-state index in [1.165, 1.54) is 0 Å². The van der Waals surface area contributed by atoms with Crippen LogP contribution < -0.4 is 11.1 Å². The van der Waals surface area contributed by atoms with Crippen LogP contribution in [-0.4, -0.2) is 32.4 Å². The molecule has 1 aliphatic rings. The van der Waals surface area contributed by atoms with E-state index in [2.05, 4.69) is 33.5 Å². The Hall–Kier alpha value is -2.60. The molecule has 0 saturated heterocycles. The van der Waals surface area contributed by atoms with Gasteiger partial charge in [-0.3, -0.25) is 5.10 Å². The Morgan fingerprint density at radius 3 is 2.88 bits per heavy atom. The summed E-state index contributed by atoms with van der Waals surface area (Å²) >= 11 is 0. The number of anilines is 2. The molecular weight excluding hydrogens is 302 g/mol. The minimum absolute atomic E-state index is 0.207. The Balaban J connectivity index is 1.79. The van der Waals surface area contributed by atoms with Crippen molar-refractivity contribution in [2.45, 2.75) is 38.3 Å². The summed E-state index contributed by atoms with van der Waals surface area (Å²) in [6, 6.07) is 8.25. The Morgan fingerprint density at radius 1 is 1.29 bits per heavy atom. The summed E-state index contributed by atoms with van der Waals surface area (Å²) in [4.78, 5) is 4.51. The first-order valence-corrected chi connectivity index (χ1v) is 8.25. The van der Waals surface area contributed by atoms with Gasteiger partial charge in [0.15, 0.2) is 0 Å². The maximum Gasteiger partial charge on any atom is 0.126 e. The summed E-state index contributed by atoms with van der Waals surface area (Å²) in [5.74, 6) is 0.490. The molecule has 1 saturated carbocycles. The summed E-state index contributed by atoms with van der Waals surface area (Å²) in [6.45, 7) is 2.08. The number of fused-ring (bicyclic) bond motifs is 1. The van der Waals surface area contributed by atoms with Gasteiger partial charge in [0.2, 0.25) is 0 Å². The van der Waals surface area contributed by atoms with Crippen LogP contribution in [-0.2, 0) is 0 Å². The van der Waals surface area contributed by atoms with Crippen LogP contribution in [0.2, 0.25) is 0 Å². The van der Waals surface area contributed by atoms with Crippen LogP contribution in [0.15, 0.2) is 30.5 Å². The number of nitrogens with two attached hydrogens (primary N) is 1. The minimum Gasteiger partial charge on any atom is -0.393 e. The smallest absolute Gasteiger partial charge is 0.126 e. The van der Waals surface area contributed by atoms with Crippen molar-refractivity contribution in [3.05, 3.63) is 36.0 Å². The van der Waals surface area contributed by atoms with Gasteiger partial charge in [0, 0.05) is 34.9 Å². The van der Waals surface area contributed by atoms with E-state index in [0.717, 1.165) is 52.7 Å². The van der Waals surface area contributed by atoms with Crippen LogP contribution in [0.25, 0.3) is 22.2 Å². The molecule has 0 spiro atoms. The molecule has 124 valence electrons. The Morgan fingerprint density at radius 2 is 2.17 bits per heavy atom. The highest BCUT2D eigenvalue weighted by Crippen LogP contribution is 2.33. The zero-order chi connectivity index (χ0) is 16.7. The molecule has 2 heterocycles. The van der Waals surface area contributed by atoms with Gasteiger partial charge in [0.1, 0.15) is 5.82 Å². The standard InChI is InChI=1S/C18H21N5O/c1-10-6-11(14-4-5-20-23-14)7-15-18(10)16(9-17(19)22-15)21-12-2-3-13(24)8-12/h4-7,9,12-13,24H,2-3,8H2,1H3,(H,20,23)(H3,19,21,22)/t12-,13-/m0/s1. The van der Waals surface area contributed by atoms with Crippen molar-refractivity contribution in [1.29, 1.82) is 0 Å². The second-order valence-corrected chi connectivity index (χ2v) is 6.56. The number of hydrogen-bond acceptors (Lipinski definition) is 5. The van der Waals surface area contributed by atoms with Gasteiger partial charge in [0.25, 0.3) is 0 Å². The summed E-state index contributed by atoms with van der Waals surface area (Å²) in [7, 11) is 0. The van der Waals surface area contributed by atoms with E-state index < -0.39 is 0 Å². The molecule has 6 nitrogen and oxygen atoms in total. The lowest BCUT2D eigenvalue weighted by molar-refractivity contribution is 0.182. The van der Waals surface area contributed by atoms with Crippen molar-refractivity contribution in [3.8, 4) is 11.3 Å². The molecule has 4 rings (SSSR count). The molecule has 5 N–H and O–H groups in total. The maximum atomic E-state index is 9.76. The SMILES string of the molecule is Cc1cc(-c2ccn[nH]2)cc2nc(N)cc(N[C@H]3CC[C@H](O)C3)c12. The first-order valence-electron chi connectivity index (χ1n) is 8.25. The van der Waals surface area contributed by atoms with E-state index in [0.29, 0.717) is 5.82 Å². The average Bonchev–Trinajstić information content (AvgIpc) is 3.18. The number of nitrogens with one attached hydrogen (secondary N) is 2. The highest BCUT2D eigenvalue weighted by atomic mass is 16.3. The molecule has 0 amide bonds. The molecule has 3 aromatic rings. The lowest BCUT2D eigenvalue weighted by Gasteiger charge is -2.18. The Labute approximate surface area is 140 Å². The van der Waals surface area contributed by atoms with Crippen LogP contribution in [0.1, 0.15) is 24.8 Å². The van der Waals surface area contributed by atoms with Gasteiger partial charge in [0.05, 0.1) is 17.3 Å². The van der Waals surface area contributed by atoms with Crippen LogP contribution in [0.3, 0.4) is 0 Å². The van der Waals surface area contributed by atoms with E-state index in [1.54, 1.807) is 6.20 Å². The normalized spacial score (nSPS) is 20.6. The van der Waals surface area contributed by atoms with Gasteiger partial charge in [-0.15, -0.1) is 0 Å². The van der Waals surface area contributed by atoms with Gasteiger partial charge in [-0.1, -0.05) is 0 Å². The third-order valence-corrected chi connectivity index (χ3v) is 4.70. The van der Waals surface area contributed by atoms with Crippen molar-refractivity contribution in [2.75, 3.05) is 11.1 Å². The number of aromatic amines is 1. The predicted molar refractivity (Wildman–Crippen MR) is 95.7 cm³/mol. The van der Waals surface area contributed by atoms with Crippen LogP contribution in [0.4, 0.5) is 11.5 Å². The molecule has 1 aromatic carbocycles. The lowest BCUT2D eigenvalue weighted by Crippen LogP contribution is -2.17. The molecule has 0 radical (unpaired) electrons. The molecule has 24 heavy (non-hydrogen) atoms. The quantitative estimate of drug-likeness (QED) is 0.594. The number of aromatic nitrogens is 3. The third-order valence-electron chi connectivity index (χ3n) is 4.70. The zero-order valence-corrected chi connectivity index (χ0v) is 13.6. The summed E-state index contributed by atoms with van der Waals surface area (Å²) in [5.41, 5.74) is 11.0. The number of pyridine rings is 1. The monoisotopic (exact) mass is 323 g/mol. The highest BCUT2D eigenvalue weighted by Gasteiger charge is 2.23. The number of aliphatic hydroxyl groups is 1. The number of rotatable bonds is 3. The predicted octanol–water partition coefficient (Wildman–Crippen LogP) is 2.84. The molecular formula is C18H21N5O. The van der Waals surface area contributed by atoms with Gasteiger partial charge in [-0.2, -0.15) is 5.10 Å². The van der Waals surface area contributed by atoms with E-state index in [4.69, 9.17) is 5.73 Å². The van der Waals surface area contributed by atoms with Gasteiger partial charge >= 0.3 is 0 Å². The van der Waals surface area contributed by atoms with Crippen LogP contribution >= 0.6 is 0 Å². The topological polar surface area (TPSA) is 99.9 Å². The van der Waals surface area contributed by atoms with Crippen LogP contribution in [0, 0.1) is 6.92 Å². The van der Waals surface area contributed by atoms with E-state index in [1.807, 2.05) is 18.2 Å². The van der Waals surface area contributed by atoms with Crippen LogP contribution in [0.5, 0.6) is 0 Å². The number of hydrogen-bond donors (Lipinski definition) is 4. The van der Waals surface area contributed by atoms with Crippen molar-refractivity contribution in [3.63, 3.8) is 0 Å². The zero-order valence-electron chi connectivity index (χ0n) is 13.6. The molecule has 6 heteroatoms. The second-order valence-electron chi connectivity index (χ2n) is 6.56. The van der Waals surface area contributed by atoms with E-state index in [-0.39, 0.29) is 12.1 Å². The largest absolute Gasteiger partial charge is 0.393 e. The number of H-pyrrole nitrogens is 1. The van der Waals surface area contributed by atoms with Crippen molar-refractivity contribution >= 4 is 22.4 Å². The molecule has 1 fully saturated rings. The average molecular weight is 323 g/mol. The number of nitrogens with zero attached hydrogens (tertiary/aromatic N) is 2. The number of nitrogen functional groups attached to an aromatic ring is 1. The fourth-order valence-electron chi connectivity index (χ4n) is 3.59. The van der Waals surface area contributed by atoms with E-state index in [9.17, 15) is 5.11 Å². The summed E-state index contributed by atoms with van der Waals surface area (Å²) in [6.07, 6.45) is 4.12. The van der Waals surface area contributed by atoms with Crippen molar-refractivity contribution < 1.29 is 5.11 Å². The number of benzene rings is 1. The van der Waals surface area contributed by atoms with Gasteiger partial charge in [-0.25, -0.2) is 4.98 Å². The van der Waals surface area contributed by atoms with Crippen molar-refractivity contribution in [2.24, 2.45) is 0 Å². The first-order chi connectivity index (χ1) is 11.6. The number of aliphatic hydroxyl groups excluding tert-OH is 1. The molecule has 2 atom stereocenters. The first kappa shape index (κ1) is 15.0. The Kier molecular flexibility index (Phi) is 3.61. The summed E-state index contributed by atoms with van der Waals surface area (Å²) in [5, 5.41) is 21.4. The molecule has 2 aromatic heterocycles. The maximum absolute atomic E-state index is 9.76. The molecule has 0 unspecified atom stereocenters. The second kappa shape index (κ2) is 5.79. The number of aryl methyl sites for hydroxylation is 1. The molecule has 0 aliphatic heterocycles.